The van der Waals surface area contributed by atoms with Gasteiger partial charge in [0, 0.05) is 21.8 Å². The van der Waals surface area contributed by atoms with Crippen molar-refractivity contribution in [2.75, 3.05) is 4.72 Å². The van der Waals surface area contributed by atoms with Gasteiger partial charge < -0.3 is 4.42 Å². The second-order valence-corrected chi connectivity index (χ2v) is 8.80. The number of nitrogens with zero attached hydrogens (tertiary/aromatic N) is 2. The van der Waals surface area contributed by atoms with Gasteiger partial charge in [0.25, 0.3) is 10.0 Å². The minimum atomic E-state index is -3.97. The first-order chi connectivity index (χ1) is 14.8. The zero-order valence-corrected chi connectivity index (χ0v) is 17.8. The van der Waals surface area contributed by atoms with E-state index in [9.17, 15) is 13.2 Å². The molecule has 156 valence electrons. The maximum Gasteiger partial charge on any atom is 0.261 e. The number of oxazole rings is 1. The van der Waals surface area contributed by atoms with Crippen LogP contribution in [-0.2, 0) is 10.0 Å². The summed E-state index contributed by atoms with van der Waals surface area (Å²) in [4.78, 5) is 21.1. The van der Waals surface area contributed by atoms with Crippen molar-refractivity contribution in [1.29, 1.82) is 0 Å². The molecule has 0 unspecified atom stereocenters. The summed E-state index contributed by atoms with van der Waals surface area (Å²) in [5.41, 5.74) is 1.76. The van der Waals surface area contributed by atoms with E-state index in [0.717, 1.165) is 0 Å². The number of hydrogen-bond donors (Lipinski definition) is 1. The predicted molar refractivity (Wildman–Crippen MR) is 117 cm³/mol. The molecule has 2 heterocycles. The van der Waals surface area contributed by atoms with Crippen LogP contribution in [0.15, 0.2) is 82.6 Å². The molecule has 0 saturated carbocycles. The van der Waals surface area contributed by atoms with E-state index in [1.165, 1.54) is 42.9 Å². The topological polar surface area (TPSA) is 102 Å². The minimum absolute atomic E-state index is 0.0257. The number of aryl methyl sites for hydroxylation is 1. The van der Waals surface area contributed by atoms with Gasteiger partial charge >= 0.3 is 0 Å². The van der Waals surface area contributed by atoms with Crippen molar-refractivity contribution >= 4 is 33.1 Å². The summed E-state index contributed by atoms with van der Waals surface area (Å²) < 4.78 is 33.6. The molecule has 0 amide bonds. The third kappa shape index (κ3) is 4.50. The molecule has 31 heavy (non-hydrogen) atoms. The van der Waals surface area contributed by atoms with Crippen molar-refractivity contribution in [3.8, 4) is 11.3 Å². The second-order valence-electron chi connectivity index (χ2n) is 6.68. The van der Waals surface area contributed by atoms with E-state index in [4.69, 9.17) is 16.0 Å². The van der Waals surface area contributed by atoms with Crippen LogP contribution in [0.5, 0.6) is 0 Å². The Balaban J connectivity index is 1.66. The van der Waals surface area contributed by atoms with Gasteiger partial charge in [0.1, 0.15) is 5.69 Å². The van der Waals surface area contributed by atoms with Crippen molar-refractivity contribution in [1.82, 2.24) is 9.97 Å². The Labute approximate surface area is 183 Å². The molecule has 0 bridgehead atoms. The first-order valence-electron chi connectivity index (χ1n) is 9.13. The Hall–Kier alpha value is -3.49. The molecular weight excluding hydrogens is 438 g/mol. The van der Waals surface area contributed by atoms with Crippen LogP contribution in [-0.4, -0.2) is 24.2 Å². The van der Waals surface area contributed by atoms with Crippen molar-refractivity contribution in [2.45, 2.75) is 11.8 Å². The molecule has 0 aliphatic carbocycles. The van der Waals surface area contributed by atoms with E-state index >= 15 is 0 Å². The largest absolute Gasteiger partial charge is 0.444 e. The molecular formula is C22H16ClN3O4S. The van der Waals surface area contributed by atoms with Gasteiger partial charge in [0.2, 0.25) is 5.78 Å². The molecule has 0 atom stereocenters. The van der Waals surface area contributed by atoms with Crippen LogP contribution in [0.3, 0.4) is 0 Å². The van der Waals surface area contributed by atoms with Crippen molar-refractivity contribution < 1.29 is 17.6 Å². The first-order valence-corrected chi connectivity index (χ1v) is 11.0. The number of carbonyl (C=O) groups excluding carboxylic acids is 1. The van der Waals surface area contributed by atoms with Crippen molar-refractivity contribution in [2.24, 2.45) is 0 Å². The van der Waals surface area contributed by atoms with E-state index in [1.54, 1.807) is 37.3 Å². The molecule has 1 N–H and O–H groups in total. The first kappa shape index (κ1) is 20.8. The zero-order chi connectivity index (χ0) is 22.0. The Morgan fingerprint density at radius 3 is 2.52 bits per heavy atom. The molecule has 9 heteroatoms. The summed E-state index contributed by atoms with van der Waals surface area (Å²) in [6, 6.07) is 15.5. The summed E-state index contributed by atoms with van der Waals surface area (Å²) in [6.45, 7) is 1.76. The van der Waals surface area contributed by atoms with Crippen LogP contribution in [0.4, 0.5) is 5.69 Å². The van der Waals surface area contributed by atoms with Gasteiger partial charge in [-0.05, 0) is 61.5 Å². The average Bonchev–Trinajstić information content (AvgIpc) is 3.29. The normalized spacial score (nSPS) is 11.3. The van der Waals surface area contributed by atoms with Gasteiger partial charge in [0.05, 0.1) is 16.8 Å². The van der Waals surface area contributed by atoms with E-state index in [-0.39, 0.29) is 21.8 Å². The maximum atomic E-state index is 13.0. The number of rotatable bonds is 6. The van der Waals surface area contributed by atoms with Crippen molar-refractivity contribution in [3.05, 3.63) is 95.2 Å². The molecule has 0 saturated heterocycles. The van der Waals surface area contributed by atoms with Crippen LogP contribution >= 0.6 is 11.6 Å². The minimum Gasteiger partial charge on any atom is -0.444 e. The fourth-order valence-electron chi connectivity index (χ4n) is 2.96. The summed E-state index contributed by atoms with van der Waals surface area (Å²) in [5.74, 6) is 0.0812. The third-order valence-electron chi connectivity index (χ3n) is 4.47. The highest BCUT2D eigenvalue weighted by atomic mass is 35.5. The number of ketones is 1. The van der Waals surface area contributed by atoms with Crippen molar-refractivity contribution in [3.63, 3.8) is 0 Å². The molecule has 0 spiro atoms. The lowest BCUT2D eigenvalue weighted by Gasteiger charge is -2.13. The number of nitrogens with one attached hydrogen (secondary N) is 1. The summed E-state index contributed by atoms with van der Waals surface area (Å²) in [5, 5.41) is 0.301. The fraction of sp³-hybridized carbons (Fsp3) is 0.0455. The summed E-state index contributed by atoms with van der Waals surface area (Å²) >= 11 is 6.07. The average molecular weight is 454 g/mol. The highest BCUT2D eigenvalue weighted by molar-refractivity contribution is 7.92. The van der Waals surface area contributed by atoms with Crippen LogP contribution in [0.1, 0.15) is 21.7 Å². The Kier molecular flexibility index (Phi) is 5.58. The number of carbonyl (C=O) groups is 1. The number of hydrogen-bond acceptors (Lipinski definition) is 6. The quantitative estimate of drug-likeness (QED) is 0.423. The predicted octanol–water partition coefficient (Wildman–Crippen LogP) is 4.73. The molecule has 2 aromatic carbocycles. The van der Waals surface area contributed by atoms with Gasteiger partial charge in [-0.2, -0.15) is 0 Å². The van der Waals surface area contributed by atoms with Gasteiger partial charge in [-0.1, -0.05) is 17.7 Å². The molecule has 7 nitrogen and oxygen atoms in total. The van der Waals surface area contributed by atoms with Gasteiger partial charge in [-0.25, -0.2) is 18.4 Å². The highest BCUT2D eigenvalue weighted by Gasteiger charge is 2.21. The summed E-state index contributed by atoms with van der Waals surface area (Å²) in [7, 11) is -3.97. The van der Waals surface area contributed by atoms with Crippen LogP contribution in [0.25, 0.3) is 11.3 Å². The molecule has 0 aliphatic heterocycles. The lowest BCUT2D eigenvalue weighted by atomic mass is 10.1. The van der Waals surface area contributed by atoms with Crippen LogP contribution in [0, 0.1) is 6.92 Å². The number of benzene rings is 2. The lowest BCUT2D eigenvalue weighted by Crippen LogP contribution is -2.16. The zero-order valence-electron chi connectivity index (χ0n) is 16.2. The number of aromatic nitrogens is 2. The Morgan fingerprint density at radius 2 is 1.84 bits per heavy atom. The third-order valence-corrected chi connectivity index (χ3v) is 6.09. The summed E-state index contributed by atoms with van der Waals surface area (Å²) in [6.07, 6.45) is 2.83. The molecule has 0 aliphatic rings. The van der Waals surface area contributed by atoms with E-state index in [2.05, 4.69) is 14.7 Å². The number of sulfonamides is 1. The smallest absolute Gasteiger partial charge is 0.261 e. The molecule has 0 fully saturated rings. The van der Waals surface area contributed by atoms with Crippen LogP contribution in [0.2, 0.25) is 5.02 Å². The van der Waals surface area contributed by atoms with E-state index in [1.807, 2.05) is 0 Å². The van der Waals surface area contributed by atoms with E-state index < -0.39 is 15.8 Å². The fourth-order valence-corrected chi connectivity index (χ4v) is 4.21. The number of pyridine rings is 1. The monoisotopic (exact) mass is 453 g/mol. The molecule has 2 aromatic heterocycles. The SMILES string of the molecule is Cc1cccc(C(=O)c2cc(Cl)ccc2NS(=O)(=O)c2ccc(-c3cnco3)cc2)n1. The maximum absolute atomic E-state index is 13.0. The number of halogens is 1. The van der Waals surface area contributed by atoms with Gasteiger partial charge in [-0.15, -0.1) is 0 Å². The molecule has 4 aromatic rings. The molecule has 0 radical (unpaired) electrons. The number of anilines is 1. The highest BCUT2D eigenvalue weighted by Crippen LogP contribution is 2.27. The Morgan fingerprint density at radius 1 is 1.06 bits per heavy atom. The molecule has 4 rings (SSSR count). The second kappa shape index (κ2) is 8.33. The standard InChI is InChI=1S/C22H16ClN3O4S/c1-14-3-2-4-20(25-14)22(27)18-11-16(23)7-10-19(18)26-31(28,29)17-8-5-15(6-9-17)21-12-24-13-30-21/h2-13,26H,1H3. The van der Waals surface area contributed by atoms with Gasteiger partial charge in [-0.3, -0.25) is 9.52 Å². The Bertz CT molecular complexity index is 1350. The lowest BCUT2D eigenvalue weighted by molar-refractivity contribution is 0.103. The van der Waals surface area contributed by atoms with E-state index in [0.29, 0.717) is 22.0 Å². The van der Waals surface area contributed by atoms with Gasteiger partial charge in [0.15, 0.2) is 12.2 Å². The van der Waals surface area contributed by atoms with Crippen LogP contribution < -0.4 is 4.72 Å².